The number of halogens is 1. The van der Waals surface area contributed by atoms with Crippen molar-refractivity contribution in [1.29, 1.82) is 0 Å². The number of ether oxygens (including phenoxy) is 3. The predicted molar refractivity (Wildman–Crippen MR) is 60.3 cm³/mol. The van der Waals surface area contributed by atoms with Crippen LogP contribution < -0.4 is 0 Å². The lowest BCUT2D eigenvalue weighted by atomic mass is 9.97. The highest BCUT2D eigenvalue weighted by molar-refractivity contribution is 5.67. The van der Waals surface area contributed by atoms with E-state index in [1.165, 1.54) is 13.8 Å². The van der Waals surface area contributed by atoms with Crippen molar-refractivity contribution in [2.45, 2.75) is 58.8 Å². The Balaban J connectivity index is 2.80. The summed E-state index contributed by atoms with van der Waals surface area (Å²) in [7, 11) is 0. The highest BCUT2D eigenvalue weighted by atomic mass is 19.1. The fraction of sp³-hybridized carbons (Fsp3) is 0.833. The number of carbonyl (C=O) groups excluding carboxylic acids is 2. The van der Waals surface area contributed by atoms with E-state index in [1.807, 2.05) is 13.8 Å². The van der Waals surface area contributed by atoms with Gasteiger partial charge in [-0.05, 0) is 5.92 Å². The third-order valence-electron chi connectivity index (χ3n) is 2.98. The molecule has 1 unspecified atom stereocenters. The topological polar surface area (TPSA) is 61.8 Å². The van der Waals surface area contributed by atoms with E-state index in [0.717, 1.165) is 0 Å². The number of esters is 2. The number of hydrogen-bond donors (Lipinski definition) is 0. The van der Waals surface area contributed by atoms with Crippen LogP contribution in [-0.4, -0.2) is 36.6 Å². The first kappa shape index (κ1) is 14.9. The molecule has 1 heterocycles. The molecule has 0 N–H and O–H groups in total. The van der Waals surface area contributed by atoms with E-state index >= 15 is 0 Å². The average Bonchev–Trinajstić information content (AvgIpc) is 2.55. The van der Waals surface area contributed by atoms with Gasteiger partial charge in [0.15, 0.2) is 12.3 Å². The fourth-order valence-electron chi connectivity index (χ4n) is 1.90. The smallest absolute Gasteiger partial charge is 0.305 e. The SMILES string of the molecule is CC[C@H](C)[C@H]1OC(OC(C)=O)[C@H](OC(C)=O)[C@H]1F. The molecule has 5 nitrogen and oxygen atoms in total. The van der Waals surface area contributed by atoms with E-state index in [-0.39, 0.29) is 5.92 Å². The highest BCUT2D eigenvalue weighted by Crippen LogP contribution is 2.33. The molecule has 5 atom stereocenters. The van der Waals surface area contributed by atoms with Crippen molar-refractivity contribution in [2.75, 3.05) is 0 Å². The summed E-state index contributed by atoms with van der Waals surface area (Å²) in [6, 6.07) is 0. The first-order valence-corrected chi connectivity index (χ1v) is 6.00. The molecule has 104 valence electrons. The Morgan fingerprint density at radius 2 is 1.83 bits per heavy atom. The van der Waals surface area contributed by atoms with Crippen molar-refractivity contribution < 1.29 is 28.2 Å². The molecule has 0 amide bonds. The lowest BCUT2D eigenvalue weighted by Gasteiger charge is -2.19. The molecule has 0 bridgehead atoms. The quantitative estimate of drug-likeness (QED) is 0.720. The zero-order valence-corrected chi connectivity index (χ0v) is 11.0. The zero-order valence-electron chi connectivity index (χ0n) is 11.0. The maximum Gasteiger partial charge on any atom is 0.305 e. The van der Waals surface area contributed by atoms with Crippen LogP contribution in [-0.2, 0) is 23.8 Å². The van der Waals surface area contributed by atoms with E-state index in [9.17, 15) is 14.0 Å². The van der Waals surface area contributed by atoms with Gasteiger partial charge in [-0.3, -0.25) is 9.59 Å². The van der Waals surface area contributed by atoms with Gasteiger partial charge in [0, 0.05) is 13.8 Å². The summed E-state index contributed by atoms with van der Waals surface area (Å²) in [6.45, 7) is 6.10. The van der Waals surface area contributed by atoms with Gasteiger partial charge in [0.1, 0.15) is 0 Å². The van der Waals surface area contributed by atoms with Crippen LogP contribution in [0.1, 0.15) is 34.1 Å². The molecule has 1 aliphatic rings. The lowest BCUT2D eigenvalue weighted by Crippen LogP contribution is -2.36. The minimum Gasteiger partial charge on any atom is -0.453 e. The van der Waals surface area contributed by atoms with Crippen LogP contribution in [0, 0.1) is 5.92 Å². The van der Waals surface area contributed by atoms with Crippen LogP contribution in [0.4, 0.5) is 4.39 Å². The summed E-state index contributed by atoms with van der Waals surface area (Å²) in [5.41, 5.74) is 0. The van der Waals surface area contributed by atoms with E-state index in [1.54, 1.807) is 0 Å². The van der Waals surface area contributed by atoms with Crippen LogP contribution in [0.3, 0.4) is 0 Å². The van der Waals surface area contributed by atoms with Crippen LogP contribution >= 0.6 is 0 Å². The van der Waals surface area contributed by atoms with Gasteiger partial charge in [-0.2, -0.15) is 0 Å². The van der Waals surface area contributed by atoms with Gasteiger partial charge in [-0.1, -0.05) is 20.3 Å². The first-order chi connectivity index (χ1) is 8.36. The summed E-state index contributed by atoms with van der Waals surface area (Å²) in [4.78, 5) is 21.9. The Hall–Kier alpha value is -1.17. The molecule has 0 aromatic rings. The lowest BCUT2D eigenvalue weighted by molar-refractivity contribution is -0.196. The summed E-state index contributed by atoms with van der Waals surface area (Å²) in [5, 5.41) is 0. The normalized spacial score (nSPS) is 32.9. The van der Waals surface area contributed by atoms with Gasteiger partial charge in [-0.25, -0.2) is 4.39 Å². The maximum absolute atomic E-state index is 14.2. The Morgan fingerprint density at radius 1 is 1.28 bits per heavy atom. The number of rotatable bonds is 4. The van der Waals surface area contributed by atoms with Gasteiger partial charge in [0.2, 0.25) is 6.29 Å². The van der Waals surface area contributed by atoms with Crippen molar-refractivity contribution in [3.05, 3.63) is 0 Å². The number of carbonyl (C=O) groups is 2. The second kappa shape index (κ2) is 6.13. The standard InChI is InChI=1S/C12H19FO5/c1-5-6(2)10-9(13)11(16-7(3)14)12(18-10)17-8(4)15/h6,9-12H,5H2,1-4H3/t6-,9-,10+,11+,12?/m0/s1. The van der Waals surface area contributed by atoms with Crippen molar-refractivity contribution in [2.24, 2.45) is 5.92 Å². The van der Waals surface area contributed by atoms with Crippen molar-refractivity contribution in [3.8, 4) is 0 Å². The molecule has 0 saturated carbocycles. The zero-order chi connectivity index (χ0) is 13.9. The van der Waals surface area contributed by atoms with Crippen LogP contribution in [0.5, 0.6) is 0 Å². The maximum atomic E-state index is 14.2. The third kappa shape index (κ3) is 3.41. The largest absolute Gasteiger partial charge is 0.453 e. The molecule has 1 saturated heterocycles. The molecule has 1 rings (SSSR count). The second-order valence-electron chi connectivity index (χ2n) is 4.48. The van der Waals surface area contributed by atoms with Crippen LogP contribution in [0.25, 0.3) is 0 Å². The first-order valence-electron chi connectivity index (χ1n) is 6.00. The van der Waals surface area contributed by atoms with Crippen molar-refractivity contribution in [3.63, 3.8) is 0 Å². The molecule has 1 aliphatic heterocycles. The number of hydrogen-bond acceptors (Lipinski definition) is 5. The molecule has 0 aromatic carbocycles. The van der Waals surface area contributed by atoms with E-state index in [4.69, 9.17) is 14.2 Å². The monoisotopic (exact) mass is 262 g/mol. The number of alkyl halides is 1. The predicted octanol–water partition coefficient (Wildman–Crippen LogP) is 1.59. The van der Waals surface area contributed by atoms with E-state index in [2.05, 4.69) is 0 Å². The summed E-state index contributed by atoms with van der Waals surface area (Å²) in [5.74, 6) is -1.29. The molecule has 18 heavy (non-hydrogen) atoms. The highest BCUT2D eigenvalue weighted by Gasteiger charge is 2.50. The molecule has 0 aliphatic carbocycles. The Bertz CT molecular complexity index is 320. The van der Waals surface area contributed by atoms with E-state index < -0.39 is 36.6 Å². The van der Waals surface area contributed by atoms with E-state index in [0.29, 0.717) is 6.42 Å². The molecule has 6 heteroatoms. The second-order valence-corrected chi connectivity index (χ2v) is 4.48. The van der Waals surface area contributed by atoms with Crippen LogP contribution in [0.2, 0.25) is 0 Å². The van der Waals surface area contributed by atoms with Gasteiger partial charge in [0.25, 0.3) is 0 Å². The summed E-state index contributed by atoms with van der Waals surface area (Å²) < 4.78 is 29.2. The molecule has 0 radical (unpaired) electrons. The molecule has 0 aromatic heterocycles. The molecule has 1 fully saturated rings. The minimum atomic E-state index is -1.49. The molecule has 0 spiro atoms. The Kier molecular flexibility index (Phi) is 5.07. The summed E-state index contributed by atoms with van der Waals surface area (Å²) >= 11 is 0. The Morgan fingerprint density at radius 3 is 2.28 bits per heavy atom. The molecular weight excluding hydrogens is 243 g/mol. The van der Waals surface area contributed by atoms with Gasteiger partial charge < -0.3 is 14.2 Å². The third-order valence-corrected chi connectivity index (χ3v) is 2.98. The van der Waals surface area contributed by atoms with Crippen molar-refractivity contribution in [1.82, 2.24) is 0 Å². The van der Waals surface area contributed by atoms with Gasteiger partial charge in [0.05, 0.1) is 6.10 Å². The fourth-order valence-corrected chi connectivity index (χ4v) is 1.90. The van der Waals surface area contributed by atoms with Gasteiger partial charge in [-0.15, -0.1) is 0 Å². The van der Waals surface area contributed by atoms with Gasteiger partial charge >= 0.3 is 11.9 Å². The minimum absolute atomic E-state index is 0.0568. The van der Waals surface area contributed by atoms with Crippen molar-refractivity contribution >= 4 is 11.9 Å². The summed E-state index contributed by atoms with van der Waals surface area (Å²) in [6.07, 6.45) is -3.87. The Labute approximate surface area is 106 Å². The van der Waals surface area contributed by atoms with Crippen LogP contribution in [0.15, 0.2) is 0 Å². The average molecular weight is 262 g/mol. The molecular formula is C12H19FO5.